The zero-order chi connectivity index (χ0) is 16.8. The first-order valence-electron chi connectivity index (χ1n) is 8.32. The van der Waals surface area contributed by atoms with Gasteiger partial charge in [-0.1, -0.05) is 25.0 Å². The van der Waals surface area contributed by atoms with Crippen LogP contribution in [0.5, 0.6) is 0 Å². The topological polar surface area (TPSA) is 66.9 Å². The first-order valence-corrected chi connectivity index (χ1v) is 8.32. The summed E-state index contributed by atoms with van der Waals surface area (Å²) < 4.78 is 12.9. The molecule has 0 saturated heterocycles. The summed E-state index contributed by atoms with van der Waals surface area (Å²) in [6, 6.07) is 8.40. The van der Waals surface area contributed by atoms with Crippen molar-refractivity contribution in [1.82, 2.24) is 15.3 Å². The second-order valence-electron chi connectivity index (χ2n) is 6.05. The van der Waals surface area contributed by atoms with Crippen LogP contribution in [0.3, 0.4) is 0 Å². The molecule has 126 valence electrons. The van der Waals surface area contributed by atoms with Crippen LogP contribution in [0.25, 0.3) is 0 Å². The van der Waals surface area contributed by atoms with E-state index < -0.39 is 0 Å². The molecule has 1 heterocycles. The number of halogens is 1. The van der Waals surface area contributed by atoms with Crippen molar-refractivity contribution in [2.24, 2.45) is 0 Å². The monoisotopic (exact) mass is 328 g/mol. The van der Waals surface area contributed by atoms with Crippen LogP contribution in [0, 0.1) is 5.82 Å². The highest BCUT2D eigenvalue weighted by Crippen LogP contribution is 2.21. The van der Waals surface area contributed by atoms with E-state index in [1.807, 2.05) is 0 Å². The average molecular weight is 328 g/mol. The minimum Gasteiger partial charge on any atom is -0.367 e. The number of carbonyl (C=O) groups is 1. The number of amides is 1. The molecule has 1 saturated carbocycles. The van der Waals surface area contributed by atoms with Crippen molar-refractivity contribution in [3.8, 4) is 0 Å². The van der Waals surface area contributed by atoms with E-state index in [1.165, 1.54) is 31.3 Å². The third-order valence-electron chi connectivity index (χ3n) is 4.22. The van der Waals surface area contributed by atoms with Crippen LogP contribution in [-0.4, -0.2) is 28.5 Å². The molecule has 1 aromatic carbocycles. The van der Waals surface area contributed by atoms with Crippen LogP contribution in [0.2, 0.25) is 0 Å². The smallest absolute Gasteiger partial charge is 0.270 e. The zero-order valence-corrected chi connectivity index (χ0v) is 13.5. The second kappa shape index (κ2) is 7.86. The molecule has 0 unspecified atom stereocenters. The summed E-state index contributed by atoms with van der Waals surface area (Å²) in [5, 5.41) is 6.19. The van der Waals surface area contributed by atoms with E-state index in [9.17, 15) is 9.18 Å². The lowest BCUT2D eigenvalue weighted by molar-refractivity contribution is 0.0949. The third kappa shape index (κ3) is 4.50. The van der Waals surface area contributed by atoms with Gasteiger partial charge in [-0.25, -0.2) is 14.4 Å². The highest BCUT2D eigenvalue weighted by atomic mass is 19.1. The quantitative estimate of drug-likeness (QED) is 0.855. The fourth-order valence-electron chi connectivity index (χ4n) is 2.90. The molecule has 2 N–H and O–H groups in total. The Kier molecular flexibility index (Phi) is 5.36. The maximum absolute atomic E-state index is 12.9. The SMILES string of the molecule is O=C(NCCc1ccc(F)cc1)c1cc(NC2CCCC2)ncn1. The van der Waals surface area contributed by atoms with Gasteiger partial charge in [-0.3, -0.25) is 4.79 Å². The molecule has 0 aliphatic heterocycles. The van der Waals surface area contributed by atoms with Gasteiger partial charge in [0.1, 0.15) is 23.7 Å². The number of nitrogens with zero attached hydrogens (tertiary/aromatic N) is 2. The zero-order valence-electron chi connectivity index (χ0n) is 13.5. The molecular formula is C18H21FN4O. The third-order valence-corrected chi connectivity index (χ3v) is 4.22. The van der Waals surface area contributed by atoms with E-state index in [0.717, 1.165) is 18.4 Å². The summed E-state index contributed by atoms with van der Waals surface area (Å²) in [6.45, 7) is 0.472. The lowest BCUT2D eigenvalue weighted by Crippen LogP contribution is -2.27. The standard InChI is InChI=1S/C18H21FN4O/c19-14-7-5-13(6-8-14)9-10-20-18(24)16-11-17(22-12-21-16)23-15-3-1-2-4-15/h5-8,11-12,15H,1-4,9-10H2,(H,20,24)(H,21,22,23). The predicted octanol–water partition coefficient (Wildman–Crippen LogP) is 2.94. The van der Waals surface area contributed by atoms with Crippen molar-refractivity contribution in [2.75, 3.05) is 11.9 Å². The minimum atomic E-state index is -0.258. The molecule has 0 atom stereocenters. The van der Waals surface area contributed by atoms with Gasteiger partial charge in [0, 0.05) is 18.7 Å². The number of nitrogens with one attached hydrogen (secondary N) is 2. The number of carbonyl (C=O) groups excluding carboxylic acids is 1. The number of rotatable bonds is 6. The van der Waals surface area contributed by atoms with Crippen molar-refractivity contribution in [3.05, 3.63) is 53.7 Å². The number of anilines is 1. The molecule has 0 bridgehead atoms. The maximum Gasteiger partial charge on any atom is 0.270 e. The summed E-state index contributed by atoms with van der Waals surface area (Å²) in [5.41, 5.74) is 1.33. The molecule has 1 aliphatic rings. The number of aromatic nitrogens is 2. The van der Waals surface area contributed by atoms with Crippen LogP contribution in [0.4, 0.5) is 10.2 Å². The van der Waals surface area contributed by atoms with Gasteiger partial charge in [-0.05, 0) is 37.0 Å². The summed E-state index contributed by atoms with van der Waals surface area (Å²) in [6.07, 6.45) is 6.81. The van der Waals surface area contributed by atoms with Crippen LogP contribution in [-0.2, 0) is 6.42 Å². The summed E-state index contributed by atoms with van der Waals surface area (Å²) in [7, 11) is 0. The highest BCUT2D eigenvalue weighted by molar-refractivity contribution is 5.92. The van der Waals surface area contributed by atoms with Crippen molar-refractivity contribution in [2.45, 2.75) is 38.1 Å². The van der Waals surface area contributed by atoms with Crippen LogP contribution in [0.15, 0.2) is 36.7 Å². The molecule has 1 amide bonds. The van der Waals surface area contributed by atoms with Gasteiger partial charge in [0.05, 0.1) is 0 Å². The van der Waals surface area contributed by atoms with Gasteiger partial charge in [0.15, 0.2) is 0 Å². The fraction of sp³-hybridized carbons (Fsp3) is 0.389. The highest BCUT2D eigenvalue weighted by Gasteiger charge is 2.16. The lowest BCUT2D eigenvalue weighted by Gasteiger charge is -2.12. The molecule has 0 spiro atoms. The van der Waals surface area contributed by atoms with E-state index in [2.05, 4.69) is 20.6 Å². The Morgan fingerprint density at radius 1 is 1.17 bits per heavy atom. The molecule has 1 aliphatic carbocycles. The van der Waals surface area contributed by atoms with Crippen molar-refractivity contribution >= 4 is 11.7 Å². The van der Waals surface area contributed by atoms with E-state index >= 15 is 0 Å². The van der Waals surface area contributed by atoms with Gasteiger partial charge in [-0.15, -0.1) is 0 Å². The largest absolute Gasteiger partial charge is 0.367 e. The average Bonchev–Trinajstić information content (AvgIpc) is 3.10. The van der Waals surface area contributed by atoms with Gasteiger partial charge in [0.2, 0.25) is 0 Å². The van der Waals surface area contributed by atoms with Crippen LogP contribution < -0.4 is 10.6 Å². The van der Waals surface area contributed by atoms with Gasteiger partial charge >= 0.3 is 0 Å². The number of hydrogen-bond acceptors (Lipinski definition) is 4. The number of benzene rings is 1. The predicted molar refractivity (Wildman–Crippen MR) is 90.3 cm³/mol. The first-order chi connectivity index (χ1) is 11.7. The summed E-state index contributed by atoms with van der Waals surface area (Å²) in [4.78, 5) is 20.4. The molecule has 24 heavy (non-hydrogen) atoms. The van der Waals surface area contributed by atoms with E-state index in [0.29, 0.717) is 30.5 Å². The first kappa shape index (κ1) is 16.4. The number of hydrogen-bond donors (Lipinski definition) is 2. The molecule has 1 aromatic heterocycles. The van der Waals surface area contributed by atoms with Crippen molar-refractivity contribution in [1.29, 1.82) is 0 Å². The van der Waals surface area contributed by atoms with E-state index in [4.69, 9.17) is 0 Å². The van der Waals surface area contributed by atoms with Crippen LogP contribution in [0.1, 0.15) is 41.7 Å². The van der Waals surface area contributed by atoms with E-state index in [1.54, 1.807) is 18.2 Å². The van der Waals surface area contributed by atoms with E-state index in [-0.39, 0.29) is 11.7 Å². The Morgan fingerprint density at radius 2 is 1.92 bits per heavy atom. The molecular weight excluding hydrogens is 307 g/mol. The minimum absolute atomic E-state index is 0.228. The molecule has 0 radical (unpaired) electrons. The molecule has 2 aromatic rings. The summed E-state index contributed by atoms with van der Waals surface area (Å²) in [5.74, 6) is 0.209. The molecule has 3 rings (SSSR count). The molecule has 5 nitrogen and oxygen atoms in total. The van der Waals surface area contributed by atoms with Crippen LogP contribution >= 0.6 is 0 Å². The van der Waals surface area contributed by atoms with Gasteiger partial charge in [-0.2, -0.15) is 0 Å². The van der Waals surface area contributed by atoms with Crippen molar-refractivity contribution in [3.63, 3.8) is 0 Å². The molecule has 6 heteroatoms. The fourth-order valence-corrected chi connectivity index (χ4v) is 2.90. The maximum atomic E-state index is 12.9. The Morgan fingerprint density at radius 3 is 2.67 bits per heavy atom. The molecule has 1 fully saturated rings. The van der Waals surface area contributed by atoms with Gasteiger partial charge in [0.25, 0.3) is 5.91 Å². The van der Waals surface area contributed by atoms with Gasteiger partial charge < -0.3 is 10.6 Å². The van der Waals surface area contributed by atoms with Crippen molar-refractivity contribution < 1.29 is 9.18 Å². The Bertz CT molecular complexity index is 684. The normalized spacial score (nSPS) is 14.5. The Labute approximate surface area is 140 Å². The summed E-state index contributed by atoms with van der Waals surface area (Å²) >= 11 is 0. The Hall–Kier alpha value is -2.50. The second-order valence-corrected chi connectivity index (χ2v) is 6.05. The lowest BCUT2D eigenvalue weighted by atomic mass is 10.1. The Balaban J connectivity index is 1.51.